The van der Waals surface area contributed by atoms with Gasteiger partial charge in [0, 0.05) is 26.9 Å². The van der Waals surface area contributed by atoms with E-state index in [9.17, 15) is 0 Å². The SMILES string of the molecule is CCOC(CC)C[SiH](OC)OC. The van der Waals surface area contributed by atoms with E-state index in [1.165, 1.54) is 0 Å². The van der Waals surface area contributed by atoms with E-state index in [0.29, 0.717) is 6.10 Å². The van der Waals surface area contributed by atoms with Gasteiger partial charge < -0.3 is 13.6 Å². The van der Waals surface area contributed by atoms with Gasteiger partial charge in [0.15, 0.2) is 0 Å². The fraction of sp³-hybridized carbons (Fsp3) is 1.00. The normalized spacial score (nSPS) is 13.8. The van der Waals surface area contributed by atoms with Crippen LogP contribution in [0.2, 0.25) is 6.04 Å². The molecule has 4 heteroatoms. The van der Waals surface area contributed by atoms with E-state index in [-0.39, 0.29) is 0 Å². The Labute approximate surface area is 76.9 Å². The zero-order valence-electron chi connectivity index (χ0n) is 8.50. The lowest BCUT2D eigenvalue weighted by Gasteiger charge is -2.18. The molecule has 0 saturated heterocycles. The largest absolute Gasteiger partial charge is 0.400 e. The van der Waals surface area contributed by atoms with Crippen LogP contribution in [0.15, 0.2) is 0 Å². The molecule has 1 unspecified atom stereocenters. The van der Waals surface area contributed by atoms with Gasteiger partial charge in [-0.15, -0.1) is 0 Å². The van der Waals surface area contributed by atoms with Crippen LogP contribution in [0.1, 0.15) is 20.3 Å². The lowest BCUT2D eigenvalue weighted by atomic mass is 10.3. The molecule has 0 aliphatic rings. The molecule has 0 N–H and O–H groups in total. The summed E-state index contributed by atoms with van der Waals surface area (Å²) in [5, 5.41) is 0. The molecule has 0 bridgehead atoms. The Balaban J connectivity index is 3.65. The first-order valence-electron chi connectivity index (χ1n) is 4.45. The molecule has 0 aliphatic heterocycles. The van der Waals surface area contributed by atoms with Crippen LogP contribution in [0.25, 0.3) is 0 Å². The molecule has 74 valence electrons. The van der Waals surface area contributed by atoms with E-state index in [1.54, 1.807) is 14.2 Å². The third-order valence-corrected chi connectivity index (χ3v) is 3.80. The summed E-state index contributed by atoms with van der Waals surface area (Å²) in [6, 6.07) is 0.942. The van der Waals surface area contributed by atoms with Gasteiger partial charge in [-0.05, 0) is 13.3 Å². The van der Waals surface area contributed by atoms with Crippen molar-refractivity contribution in [2.45, 2.75) is 32.4 Å². The molecule has 0 fully saturated rings. The zero-order valence-corrected chi connectivity index (χ0v) is 9.66. The van der Waals surface area contributed by atoms with Crippen molar-refractivity contribution in [2.24, 2.45) is 0 Å². The standard InChI is InChI=1S/C8H20O3Si/c1-5-8(11-6-2)7-12(9-3)10-4/h8,12H,5-7H2,1-4H3. The molecule has 0 aromatic heterocycles. The average Bonchev–Trinajstić information content (AvgIpc) is 2.12. The van der Waals surface area contributed by atoms with Gasteiger partial charge in [-0.1, -0.05) is 6.92 Å². The molecule has 12 heavy (non-hydrogen) atoms. The highest BCUT2D eigenvalue weighted by Crippen LogP contribution is 2.08. The molecule has 3 nitrogen and oxygen atoms in total. The molecular weight excluding hydrogens is 172 g/mol. The highest BCUT2D eigenvalue weighted by atomic mass is 28.3. The van der Waals surface area contributed by atoms with Gasteiger partial charge in [0.1, 0.15) is 0 Å². The molecule has 0 aromatic carbocycles. The monoisotopic (exact) mass is 192 g/mol. The summed E-state index contributed by atoms with van der Waals surface area (Å²) in [5.41, 5.74) is 0. The first kappa shape index (κ1) is 12.1. The number of hydrogen-bond acceptors (Lipinski definition) is 3. The minimum Gasteiger partial charge on any atom is -0.400 e. The van der Waals surface area contributed by atoms with Crippen molar-refractivity contribution in [1.29, 1.82) is 0 Å². The number of ether oxygens (including phenoxy) is 1. The van der Waals surface area contributed by atoms with Crippen LogP contribution in [0.5, 0.6) is 0 Å². The van der Waals surface area contributed by atoms with E-state index < -0.39 is 9.28 Å². The molecule has 0 aliphatic carbocycles. The minimum absolute atomic E-state index is 0.312. The summed E-state index contributed by atoms with van der Waals surface area (Å²) in [6.07, 6.45) is 1.34. The van der Waals surface area contributed by atoms with Crippen molar-refractivity contribution >= 4 is 9.28 Å². The summed E-state index contributed by atoms with van der Waals surface area (Å²) < 4.78 is 15.9. The summed E-state index contributed by atoms with van der Waals surface area (Å²) >= 11 is 0. The van der Waals surface area contributed by atoms with Crippen LogP contribution >= 0.6 is 0 Å². The Morgan fingerprint density at radius 1 is 1.17 bits per heavy atom. The lowest BCUT2D eigenvalue weighted by Crippen LogP contribution is -2.26. The van der Waals surface area contributed by atoms with Crippen molar-refractivity contribution in [3.05, 3.63) is 0 Å². The van der Waals surface area contributed by atoms with E-state index in [1.807, 2.05) is 6.92 Å². The fourth-order valence-electron chi connectivity index (χ4n) is 1.09. The smallest absolute Gasteiger partial charge is 0.323 e. The first-order chi connectivity index (χ1) is 5.78. The van der Waals surface area contributed by atoms with Gasteiger partial charge in [0.2, 0.25) is 0 Å². The van der Waals surface area contributed by atoms with Crippen LogP contribution in [0.4, 0.5) is 0 Å². The first-order valence-corrected chi connectivity index (χ1v) is 6.21. The maximum absolute atomic E-state index is 5.50. The Morgan fingerprint density at radius 2 is 1.75 bits per heavy atom. The second kappa shape index (κ2) is 7.73. The number of rotatable bonds is 7. The molecule has 0 saturated carbocycles. The molecular formula is C8H20O3Si. The Morgan fingerprint density at radius 3 is 2.08 bits per heavy atom. The molecule has 0 aromatic rings. The zero-order chi connectivity index (χ0) is 9.40. The quantitative estimate of drug-likeness (QED) is 0.569. The van der Waals surface area contributed by atoms with Crippen LogP contribution in [0.3, 0.4) is 0 Å². The summed E-state index contributed by atoms with van der Waals surface area (Å²) in [6.45, 7) is 4.91. The van der Waals surface area contributed by atoms with Crippen LogP contribution in [0, 0.1) is 0 Å². The van der Waals surface area contributed by atoms with E-state index in [4.69, 9.17) is 13.6 Å². The highest BCUT2D eigenvalue weighted by Gasteiger charge is 2.16. The molecule has 1 atom stereocenters. The Hall–Kier alpha value is 0.0969. The van der Waals surface area contributed by atoms with E-state index >= 15 is 0 Å². The molecule has 0 heterocycles. The van der Waals surface area contributed by atoms with Crippen LogP contribution < -0.4 is 0 Å². The predicted octanol–water partition coefficient (Wildman–Crippen LogP) is 1.31. The second-order valence-corrected chi connectivity index (χ2v) is 4.90. The number of hydrogen-bond donors (Lipinski definition) is 0. The third-order valence-electron chi connectivity index (χ3n) is 1.84. The van der Waals surface area contributed by atoms with Gasteiger partial charge in [0.25, 0.3) is 0 Å². The fourth-order valence-corrected chi connectivity index (χ4v) is 2.57. The van der Waals surface area contributed by atoms with Gasteiger partial charge in [-0.2, -0.15) is 0 Å². The molecule has 0 amide bonds. The van der Waals surface area contributed by atoms with Gasteiger partial charge >= 0.3 is 9.28 Å². The van der Waals surface area contributed by atoms with Crippen LogP contribution in [-0.4, -0.2) is 36.2 Å². The summed E-state index contributed by atoms with van der Waals surface area (Å²) in [5.74, 6) is 0. The van der Waals surface area contributed by atoms with Gasteiger partial charge in [-0.3, -0.25) is 0 Å². The minimum atomic E-state index is -1.42. The van der Waals surface area contributed by atoms with Gasteiger partial charge in [-0.25, -0.2) is 0 Å². The summed E-state index contributed by atoms with van der Waals surface area (Å²) in [7, 11) is 1.99. The highest BCUT2D eigenvalue weighted by molar-refractivity contribution is 6.44. The molecule has 0 rings (SSSR count). The predicted molar refractivity (Wildman–Crippen MR) is 51.7 cm³/mol. The molecule has 0 spiro atoms. The van der Waals surface area contributed by atoms with Crippen molar-refractivity contribution in [1.82, 2.24) is 0 Å². The molecule has 0 radical (unpaired) electrons. The van der Waals surface area contributed by atoms with Crippen LogP contribution in [-0.2, 0) is 13.6 Å². The lowest BCUT2D eigenvalue weighted by molar-refractivity contribution is 0.0671. The maximum Gasteiger partial charge on any atom is 0.323 e. The van der Waals surface area contributed by atoms with Crippen molar-refractivity contribution in [3.8, 4) is 0 Å². The van der Waals surface area contributed by atoms with Gasteiger partial charge in [0.05, 0.1) is 6.10 Å². The Bertz CT molecular complexity index is 96.3. The topological polar surface area (TPSA) is 27.7 Å². The Kier molecular flexibility index (Phi) is 7.79. The van der Waals surface area contributed by atoms with Crippen molar-refractivity contribution < 1.29 is 13.6 Å². The van der Waals surface area contributed by atoms with E-state index in [0.717, 1.165) is 19.1 Å². The maximum atomic E-state index is 5.50. The van der Waals surface area contributed by atoms with Crippen molar-refractivity contribution in [3.63, 3.8) is 0 Å². The van der Waals surface area contributed by atoms with E-state index in [2.05, 4.69) is 6.92 Å². The van der Waals surface area contributed by atoms with Crippen molar-refractivity contribution in [2.75, 3.05) is 20.8 Å². The third kappa shape index (κ3) is 4.87. The average molecular weight is 192 g/mol. The summed E-state index contributed by atoms with van der Waals surface area (Å²) in [4.78, 5) is 0. The second-order valence-electron chi connectivity index (χ2n) is 2.62.